The van der Waals surface area contributed by atoms with Gasteiger partial charge in [0.05, 0.1) is 6.54 Å². The average Bonchev–Trinajstić information content (AvgIpc) is 3.41. The van der Waals surface area contributed by atoms with E-state index in [-0.39, 0.29) is 5.91 Å². The number of amides is 1. The first-order chi connectivity index (χ1) is 13.6. The molecule has 0 spiro atoms. The van der Waals surface area contributed by atoms with Gasteiger partial charge < -0.3 is 4.90 Å². The van der Waals surface area contributed by atoms with Crippen LogP contribution >= 0.6 is 0 Å². The van der Waals surface area contributed by atoms with E-state index in [9.17, 15) is 4.79 Å². The number of aromatic nitrogens is 2. The molecule has 1 amide bonds. The summed E-state index contributed by atoms with van der Waals surface area (Å²) in [6, 6.07) is 10.4. The minimum absolute atomic E-state index is 0.168. The molecule has 2 aromatic rings. The van der Waals surface area contributed by atoms with Crippen molar-refractivity contribution in [3.63, 3.8) is 0 Å². The molecule has 2 fully saturated rings. The maximum atomic E-state index is 13.3. The summed E-state index contributed by atoms with van der Waals surface area (Å²) in [5.41, 5.74) is 1.91. The summed E-state index contributed by atoms with van der Waals surface area (Å²) in [6.45, 7) is 9.30. The predicted molar refractivity (Wildman–Crippen MR) is 111 cm³/mol. The van der Waals surface area contributed by atoms with E-state index in [2.05, 4.69) is 34.8 Å². The molecule has 5 nitrogen and oxygen atoms in total. The van der Waals surface area contributed by atoms with E-state index in [4.69, 9.17) is 0 Å². The Labute approximate surface area is 168 Å². The topological polar surface area (TPSA) is 41.4 Å². The van der Waals surface area contributed by atoms with Gasteiger partial charge in [-0.25, -0.2) is 0 Å². The lowest BCUT2D eigenvalue weighted by Crippen LogP contribution is -2.46. The third kappa shape index (κ3) is 4.64. The molecule has 2 aliphatic rings. The Kier molecular flexibility index (Phi) is 5.81. The van der Waals surface area contributed by atoms with Crippen molar-refractivity contribution in [2.24, 2.45) is 11.8 Å². The minimum Gasteiger partial charge on any atom is -0.337 e. The van der Waals surface area contributed by atoms with E-state index in [1.807, 2.05) is 35.1 Å². The van der Waals surface area contributed by atoms with Crippen LogP contribution in [0, 0.1) is 11.8 Å². The number of benzene rings is 1. The highest BCUT2D eigenvalue weighted by atomic mass is 16.2. The van der Waals surface area contributed by atoms with Crippen molar-refractivity contribution in [2.75, 3.05) is 26.2 Å². The SMILES string of the molecule is CC(C)[C@H]1CN(C(=O)c2cccc(Cn3cccn3)c2)CCCN1CC1CC1. The predicted octanol–water partition coefficient (Wildman–Crippen LogP) is 3.51. The highest BCUT2D eigenvalue weighted by Gasteiger charge is 2.33. The molecule has 1 saturated heterocycles. The maximum Gasteiger partial charge on any atom is 0.253 e. The number of nitrogens with zero attached hydrogens (tertiary/aromatic N) is 4. The zero-order chi connectivity index (χ0) is 19.5. The van der Waals surface area contributed by atoms with Crippen LogP contribution in [-0.2, 0) is 6.54 Å². The van der Waals surface area contributed by atoms with Crippen LogP contribution in [0.5, 0.6) is 0 Å². The summed E-state index contributed by atoms with van der Waals surface area (Å²) < 4.78 is 1.89. The summed E-state index contributed by atoms with van der Waals surface area (Å²) in [5, 5.41) is 4.27. The van der Waals surface area contributed by atoms with Gasteiger partial charge in [-0.1, -0.05) is 26.0 Å². The van der Waals surface area contributed by atoms with Gasteiger partial charge in [0.25, 0.3) is 5.91 Å². The monoisotopic (exact) mass is 380 g/mol. The largest absolute Gasteiger partial charge is 0.337 e. The van der Waals surface area contributed by atoms with Crippen molar-refractivity contribution in [3.05, 3.63) is 53.9 Å². The van der Waals surface area contributed by atoms with E-state index >= 15 is 0 Å². The fourth-order valence-corrected chi connectivity index (χ4v) is 4.31. The van der Waals surface area contributed by atoms with Crippen molar-refractivity contribution in [2.45, 2.75) is 45.7 Å². The zero-order valence-electron chi connectivity index (χ0n) is 17.1. The van der Waals surface area contributed by atoms with Crippen LogP contribution in [0.15, 0.2) is 42.7 Å². The molecule has 4 rings (SSSR count). The van der Waals surface area contributed by atoms with Gasteiger partial charge in [0.15, 0.2) is 0 Å². The highest BCUT2D eigenvalue weighted by molar-refractivity contribution is 5.94. The molecule has 5 heteroatoms. The van der Waals surface area contributed by atoms with Gasteiger partial charge in [0, 0.05) is 50.2 Å². The van der Waals surface area contributed by atoms with Gasteiger partial charge in [0.1, 0.15) is 0 Å². The normalized spacial score (nSPS) is 21.1. The highest BCUT2D eigenvalue weighted by Crippen LogP contribution is 2.32. The lowest BCUT2D eigenvalue weighted by atomic mass is 10.0. The molecular formula is C23H32N4O. The van der Waals surface area contributed by atoms with E-state index in [1.165, 1.54) is 19.4 Å². The number of carbonyl (C=O) groups excluding carboxylic acids is 1. The molecule has 0 radical (unpaired) electrons. The van der Waals surface area contributed by atoms with Crippen LogP contribution in [0.25, 0.3) is 0 Å². The quantitative estimate of drug-likeness (QED) is 0.770. The molecule has 150 valence electrons. The fourth-order valence-electron chi connectivity index (χ4n) is 4.31. The lowest BCUT2D eigenvalue weighted by molar-refractivity contribution is 0.0704. The molecule has 0 unspecified atom stereocenters. The average molecular weight is 381 g/mol. The summed E-state index contributed by atoms with van der Waals surface area (Å²) in [7, 11) is 0. The molecule has 28 heavy (non-hydrogen) atoms. The van der Waals surface area contributed by atoms with Gasteiger partial charge in [-0.05, 0) is 54.9 Å². The minimum atomic E-state index is 0.168. The molecular weight excluding hydrogens is 348 g/mol. The molecule has 1 saturated carbocycles. The van der Waals surface area contributed by atoms with Crippen LogP contribution in [0.4, 0.5) is 0 Å². The molecule has 1 aliphatic heterocycles. The smallest absolute Gasteiger partial charge is 0.253 e. The molecule has 1 aromatic heterocycles. The first-order valence-corrected chi connectivity index (χ1v) is 10.7. The van der Waals surface area contributed by atoms with E-state index in [0.29, 0.717) is 18.5 Å². The summed E-state index contributed by atoms with van der Waals surface area (Å²) in [4.78, 5) is 18.0. The summed E-state index contributed by atoms with van der Waals surface area (Å²) in [5.74, 6) is 1.61. The van der Waals surface area contributed by atoms with Gasteiger partial charge in [-0.15, -0.1) is 0 Å². The Hall–Kier alpha value is -2.14. The Morgan fingerprint density at radius 3 is 2.79 bits per heavy atom. The van der Waals surface area contributed by atoms with Crippen LogP contribution in [0.1, 0.15) is 49.0 Å². The second-order valence-corrected chi connectivity index (χ2v) is 8.76. The van der Waals surface area contributed by atoms with Crippen LogP contribution in [-0.4, -0.2) is 57.7 Å². The maximum absolute atomic E-state index is 13.3. The number of carbonyl (C=O) groups is 1. The van der Waals surface area contributed by atoms with Crippen molar-refractivity contribution in [1.29, 1.82) is 0 Å². The van der Waals surface area contributed by atoms with E-state index < -0.39 is 0 Å². The molecule has 1 atom stereocenters. The van der Waals surface area contributed by atoms with Crippen LogP contribution < -0.4 is 0 Å². The second-order valence-electron chi connectivity index (χ2n) is 8.76. The van der Waals surface area contributed by atoms with E-state index in [0.717, 1.165) is 43.1 Å². The zero-order valence-corrected chi connectivity index (χ0v) is 17.1. The summed E-state index contributed by atoms with van der Waals surface area (Å²) in [6.07, 6.45) is 7.56. The summed E-state index contributed by atoms with van der Waals surface area (Å²) >= 11 is 0. The number of hydrogen-bond acceptors (Lipinski definition) is 3. The Bertz CT molecular complexity index is 782. The molecule has 0 N–H and O–H groups in total. The van der Waals surface area contributed by atoms with Crippen molar-refractivity contribution < 1.29 is 4.79 Å². The van der Waals surface area contributed by atoms with Gasteiger partial charge >= 0.3 is 0 Å². The van der Waals surface area contributed by atoms with Gasteiger partial charge in [-0.3, -0.25) is 14.4 Å². The Morgan fingerprint density at radius 2 is 2.07 bits per heavy atom. The number of rotatable bonds is 6. The molecule has 1 aromatic carbocycles. The van der Waals surface area contributed by atoms with Gasteiger partial charge in [0.2, 0.25) is 0 Å². The Morgan fingerprint density at radius 1 is 1.21 bits per heavy atom. The second kappa shape index (κ2) is 8.48. The fraction of sp³-hybridized carbons (Fsp3) is 0.565. The molecule has 0 bridgehead atoms. The molecule has 1 aliphatic carbocycles. The third-order valence-electron chi connectivity index (χ3n) is 6.07. The van der Waals surface area contributed by atoms with Crippen molar-refractivity contribution in [3.8, 4) is 0 Å². The lowest BCUT2D eigenvalue weighted by Gasteiger charge is -2.34. The third-order valence-corrected chi connectivity index (χ3v) is 6.07. The van der Waals surface area contributed by atoms with Gasteiger partial charge in [-0.2, -0.15) is 5.10 Å². The first-order valence-electron chi connectivity index (χ1n) is 10.7. The first kappa shape index (κ1) is 19.2. The Balaban J connectivity index is 1.47. The van der Waals surface area contributed by atoms with Crippen LogP contribution in [0.3, 0.4) is 0 Å². The number of hydrogen-bond donors (Lipinski definition) is 0. The van der Waals surface area contributed by atoms with Crippen LogP contribution in [0.2, 0.25) is 0 Å². The molecule has 2 heterocycles. The van der Waals surface area contributed by atoms with Crippen molar-refractivity contribution >= 4 is 5.91 Å². The van der Waals surface area contributed by atoms with E-state index in [1.54, 1.807) is 6.20 Å². The van der Waals surface area contributed by atoms with Crippen molar-refractivity contribution in [1.82, 2.24) is 19.6 Å². The standard InChI is InChI=1S/C23H32N4O/c1-18(2)22-17-26(12-5-11-25(22)15-19-8-9-19)23(28)21-7-3-6-20(14-21)16-27-13-4-10-24-27/h3-4,6-7,10,13-14,18-19,22H,5,8-9,11-12,15-17H2,1-2H3/t22-/m1/s1.